The molecule has 2 rings (SSSR count). The van der Waals surface area contributed by atoms with Gasteiger partial charge in [0.2, 0.25) is 10.0 Å². The highest BCUT2D eigenvalue weighted by Crippen LogP contribution is 2.29. The Labute approximate surface area is 115 Å². The Morgan fingerprint density at radius 1 is 1.25 bits per heavy atom. The Morgan fingerprint density at radius 2 is 1.90 bits per heavy atom. The van der Waals surface area contributed by atoms with E-state index in [1.807, 2.05) is 0 Å². The van der Waals surface area contributed by atoms with E-state index in [0.717, 1.165) is 43.7 Å². The van der Waals surface area contributed by atoms with Crippen LogP contribution in [0.3, 0.4) is 0 Å². The fraction of sp³-hybridized carbons (Fsp3) is 0.500. The zero-order valence-electron chi connectivity index (χ0n) is 10.6. The average molecular weight is 308 g/mol. The molecule has 0 aliphatic carbocycles. The van der Waals surface area contributed by atoms with Crippen LogP contribution in [-0.4, -0.2) is 27.5 Å². The normalized spacial score (nSPS) is 20.2. The summed E-state index contributed by atoms with van der Waals surface area (Å²) in [6.07, 6.45) is -2.59. The third-order valence-electron chi connectivity index (χ3n) is 3.17. The lowest BCUT2D eigenvalue weighted by atomic mass is 10.2. The number of hydrogen-bond donors (Lipinski definition) is 2. The van der Waals surface area contributed by atoms with E-state index in [0.29, 0.717) is 0 Å². The SMILES string of the molecule is O=S(=O)(NC[C@@H]1CCCN1)c1ccc(C(F)(F)F)cc1. The summed E-state index contributed by atoms with van der Waals surface area (Å²) in [5.41, 5.74) is -0.867. The highest BCUT2D eigenvalue weighted by atomic mass is 32.2. The molecule has 0 radical (unpaired) electrons. The smallest absolute Gasteiger partial charge is 0.313 e. The molecule has 8 heteroatoms. The summed E-state index contributed by atoms with van der Waals surface area (Å²) in [5.74, 6) is 0. The Bertz CT molecular complexity index is 549. The molecule has 1 aromatic carbocycles. The number of benzene rings is 1. The predicted octanol–water partition coefficient (Wildman–Crippen LogP) is 1.74. The molecule has 4 nitrogen and oxygen atoms in total. The third kappa shape index (κ3) is 3.71. The van der Waals surface area contributed by atoms with E-state index in [9.17, 15) is 21.6 Å². The van der Waals surface area contributed by atoms with Crippen LogP contribution >= 0.6 is 0 Å². The molecular formula is C12H15F3N2O2S. The van der Waals surface area contributed by atoms with Crippen molar-refractivity contribution in [2.75, 3.05) is 13.1 Å². The van der Waals surface area contributed by atoms with E-state index < -0.39 is 21.8 Å². The van der Waals surface area contributed by atoms with Crippen LogP contribution in [0.5, 0.6) is 0 Å². The Balaban J connectivity index is 2.05. The maximum Gasteiger partial charge on any atom is 0.416 e. The fourth-order valence-corrected chi connectivity index (χ4v) is 3.13. The van der Waals surface area contributed by atoms with E-state index in [1.54, 1.807) is 0 Å². The number of alkyl halides is 3. The van der Waals surface area contributed by atoms with Gasteiger partial charge in [-0.1, -0.05) is 0 Å². The van der Waals surface area contributed by atoms with Crippen LogP contribution in [0.25, 0.3) is 0 Å². The van der Waals surface area contributed by atoms with E-state index in [-0.39, 0.29) is 17.5 Å². The van der Waals surface area contributed by atoms with Gasteiger partial charge in [-0.2, -0.15) is 13.2 Å². The number of nitrogens with one attached hydrogen (secondary N) is 2. The van der Waals surface area contributed by atoms with Crippen LogP contribution in [0, 0.1) is 0 Å². The molecule has 0 spiro atoms. The van der Waals surface area contributed by atoms with Crippen LogP contribution in [0.1, 0.15) is 18.4 Å². The second-order valence-electron chi connectivity index (χ2n) is 4.67. The van der Waals surface area contributed by atoms with Gasteiger partial charge in [-0.05, 0) is 43.7 Å². The maximum atomic E-state index is 12.4. The van der Waals surface area contributed by atoms with Gasteiger partial charge in [-0.3, -0.25) is 0 Å². The highest BCUT2D eigenvalue weighted by Gasteiger charge is 2.30. The summed E-state index contributed by atoms with van der Waals surface area (Å²) < 4.78 is 63.4. The van der Waals surface area contributed by atoms with Gasteiger partial charge in [0, 0.05) is 12.6 Å². The molecular weight excluding hydrogens is 293 g/mol. The fourth-order valence-electron chi connectivity index (χ4n) is 2.05. The Hall–Kier alpha value is -1.12. The van der Waals surface area contributed by atoms with Crippen molar-refractivity contribution >= 4 is 10.0 Å². The maximum absolute atomic E-state index is 12.4. The van der Waals surface area contributed by atoms with Crippen molar-refractivity contribution in [2.45, 2.75) is 30.0 Å². The molecule has 1 aromatic rings. The van der Waals surface area contributed by atoms with Crippen molar-refractivity contribution < 1.29 is 21.6 Å². The zero-order valence-corrected chi connectivity index (χ0v) is 11.4. The first-order valence-corrected chi connectivity index (χ1v) is 7.68. The summed E-state index contributed by atoms with van der Waals surface area (Å²) in [6, 6.07) is 3.55. The first-order chi connectivity index (χ1) is 9.29. The lowest BCUT2D eigenvalue weighted by Crippen LogP contribution is -2.37. The van der Waals surface area contributed by atoms with Crippen molar-refractivity contribution in [1.82, 2.24) is 10.0 Å². The molecule has 1 aliphatic rings. The standard InChI is InChI=1S/C12H15F3N2O2S/c13-12(14,15)9-3-5-11(6-4-9)20(18,19)17-8-10-2-1-7-16-10/h3-6,10,16-17H,1-2,7-8H2/t10-/m0/s1. The minimum Gasteiger partial charge on any atom is -0.313 e. The van der Waals surface area contributed by atoms with Gasteiger partial charge in [0.25, 0.3) is 0 Å². The van der Waals surface area contributed by atoms with Crippen molar-refractivity contribution in [1.29, 1.82) is 0 Å². The quantitative estimate of drug-likeness (QED) is 0.891. The lowest BCUT2D eigenvalue weighted by Gasteiger charge is -2.12. The average Bonchev–Trinajstić information content (AvgIpc) is 2.89. The predicted molar refractivity (Wildman–Crippen MR) is 67.7 cm³/mol. The second-order valence-corrected chi connectivity index (χ2v) is 6.43. The zero-order chi connectivity index (χ0) is 14.8. The van der Waals surface area contributed by atoms with Crippen LogP contribution < -0.4 is 10.0 Å². The van der Waals surface area contributed by atoms with Crippen LogP contribution in [0.2, 0.25) is 0 Å². The summed E-state index contributed by atoms with van der Waals surface area (Å²) in [7, 11) is -3.77. The number of sulfonamides is 1. The number of halogens is 3. The summed E-state index contributed by atoms with van der Waals surface area (Å²) >= 11 is 0. The summed E-state index contributed by atoms with van der Waals surface area (Å²) in [4.78, 5) is -0.163. The molecule has 0 saturated carbocycles. The minimum atomic E-state index is -4.47. The van der Waals surface area contributed by atoms with Crippen LogP contribution in [0.15, 0.2) is 29.2 Å². The number of rotatable bonds is 4. The lowest BCUT2D eigenvalue weighted by molar-refractivity contribution is -0.137. The van der Waals surface area contributed by atoms with Crippen molar-refractivity contribution in [3.63, 3.8) is 0 Å². The molecule has 1 heterocycles. The van der Waals surface area contributed by atoms with E-state index in [1.165, 1.54) is 0 Å². The first kappa shape index (κ1) is 15.3. The highest BCUT2D eigenvalue weighted by molar-refractivity contribution is 7.89. The van der Waals surface area contributed by atoms with Crippen molar-refractivity contribution in [3.8, 4) is 0 Å². The van der Waals surface area contributed by atoms with Gasteiger partial charge < -0.3 is 5.32 Å². The van der Waals surface area contributed by atoms with E-state index in [2.05, 4.69) is 10.0 Å². The summed E-state index contributed by atoms with van der Waals surface area (Å²) in [6.45, 7) is 1.09. The first-order valence-electron chi connectivity index (χ1n) is 6.19. The van der Waals surface area contributed by atoms with Crippen molar-refractivity contribution in [3.05, 3.63) is 29.8 Å². The molecule has 1 atom stereocenters. The molecule has 0 amide bonds. The van der Waals surface area contributed by atoms with Gasteiger partial charge >= 0.3 is 6.18 Å². The van der Waals surface area contributed by atoms with Gasteiger partial charge in [-0.15, -0.1) is 0 Å². The largest absolute Gasteiger partial charge is 0.416 e. The van der Waals surface area contributed by atoms with Crippen molar-refractivity contribution in [2.24, 2.45) is 0 Å². The second kappa shape index (κ2) is 5.71. The Morgan fingerprint density at radius 3 is 2.40 bits per heavy atom. The molecule has 20 heavy (non-hydrogen) atoms. The molecule has 1 aliphatic heterocycles. The summed E-state index contributed by atoms with van der Waals surface area (Å²) in [5, 5.41) is 3.13. The van der Waals surface area contributed by atoms with Gasteiger partial charge in [-0.25, -0.2) is 13.1 Å². The molecule has 0 bridgehead atoms. The Kier molecular flexibility index (Phi) is 4.36. The third-order valence-corrected chi connectivity index (χ3v) is 4.61. The monoisotopic (exact) mass is 308 g/mol. The minimum absolute atomic E-state index is 0.0826. The van der Waals surface area contributed by atoms with Gasteiger partial charge in [0.05, 0.1) is 10.5 Å². The van der Waals surface area contributed by atoms with Gasteiger partial charge in [0.1, 0.15) is 0 Å². The van der Waals surface area contributed by atoms with Crippen LogP contribution in [-0.2, 0) is 16.2 Å². The molecule has 1 fully saturated rings. The topological polar surface area (TPSA) is 58.2 Å². The van der Waals surface area contributed by atoms with Gasteiger partial charge in [0.15, 0.2) is 0 Å². The molecule has 0 aromatic heterocycles. The molecule has 112 valence electrons. The number of hydrogen-bond acceptors (Lipinski definition) is 3. The van der Waals surface area contributed by atoms with Crippen LogP contribution in [0.4, 0.5) is 13.2 Å². The van der Waals surface area contributed by atoms with E-state index >= 15 is 0 Å². The molecule has 1 saturated heterocycles. The molecule has 0 unspecified atom stereocenters. The van der Waals surface area contributed by atoms with E-state index in [4.69, 9.17) is 0 Å². The molecule has 2 N–H and O–H groups in total.